The first-order chi connectivity index (χ1) is 10.3. The number of rotatable bonds is 4. The van der Waals surface area contributed by atoms with Crippen LogP contribution in [0.15, 0.2) is 36.7 Å². The summed E-state index contributed by atoms with van der Waals surface area (Å²) in [5.41, 5.74) is 1.22. The summed E-state index contributed by atoms with van der Waals surface area (Å²) < 4.78 is 16.6. The molecule has 1 aliphatic rings. The summed E-state index contributed by atoms with van der Waals surface area (Å²) in [4.78, 5) is 7.98. The van der Waals surface area contributed by atoms with Crippen molar-refractivity contribution >= 4 is 0 Å². The average Bonchev–Trinajstić information content (AvgIpc) is 3.03. The highest BCUT2D eigenvalue weighted by Crippen LogP contribution is 2.25. The van der Waals surface area contributed by atoms with Crippen molar-refractivity contribution in [3.63, 3.8) is 0 Å². The Hall–Kier alpha value is -2.49. The summed E-state index contributed by atoms with van der Waals surface area (Å²) >= 11 is 0. The fourth-order valence-electron chi connectivity index (χ4n) is 2.02. The Morgan fingerprint density at radius 3 is 2.71 bits per heavy atom. The molecule has 106 valence electrons. The molecular weight excluding hydrogens is 270 g/mol. The van der Waals surface area contributed by atoms with E-state index in [9.17, 15) is 0 Å². The summed E-state index contributed by atoms with van der Waals surface area (Å²) in [5.74, 6) is 1.02. The number of hydrogen-bond acceptors (Lipinski definition) is 6. The number of nitrogens with zero attached hydrogens (tertiary/aromatic N) is 3. The van der Waals surface area contributed by atoms with E-state index in [0.29, 0.717) is 31.3 Å². The van der Waals surface area contributed by atoms with Gasteiger partial charge in [0.25, 0.3) is 0 Å². The summed E-state index contributed by atoms with van der Waals surface area (Å²) in [6, 6.07) is 9.54. The third-order valence-electron chi connectivity index (χ3n) is 3.01. The first-order valence-corrected chi connectivity index (χ1v) is 6.56. The molecule has 0 bridgehead atoms. The van der Waals surface area contributed by atoms with Gasteiger partial charge in [0.15, 0.2) is 12.0 Å². The number of ether oxygens (including phenoxy) is 3. The third-order valence-corrected chi connectivity index (χ3v) is 3.01. The molecule has 1 aromatic carbocycles. The van der Waals surface area contributed by atoms with E-state index in [1.807, 2.05) is 30.3 Å². The van der Waals surface area contributed by atoms with Crippen molar-refractivity contribution in [2.45, 2.75) is 12.7 Å². The Morgan fingerprint density at radius 2 is 2.00 bits per heavy atom. The van der Waals surface area contributed by atoms with Crippen LogP contribution < -0.4 is 4.74 Å². The largest absolute Gasteiger partial charge is 0.437 e. The molecule has 0 N–H and O–H groups in total. The Morgan fingerprint density at radius 1 is 1.19 bits per heavy atom. The van der Waals surface area contributed by atoms with Crippen LogP contribution in [-0.4, -0.2) is 29.5 Å². The highest BCUT2D eigenvalue weighted by atomic mass is 16.7. The fourth-order valence-corrected chi connectivity index (χ4v) is 2.02. The van der Waals surface area contributed by atoms with Crippen molar-refractivity contribution in [3.8, 4) is 17.7 Å². The average molecular weight is 283 g/mol. The van der Waals surface area contributed by atoms with E-state index in [1.54, 1.807) is 0 Å². The minimum atomic E-state index is -0.234. The van der Waals surface area contributed by atoms with Crippen molar-refractivity contribution in [1.29, 1.82) is 5.26 Å². The lowest BCUT2D eigenvalue weighted by Crippen LogP contribution is -2.11. The van der Waals surface area contributed by atoms with E-state index < -0.39 is 0 Å². The van der Waals surface area contributed by atoms with Crippen LogP contribution in [0.3, 0.4) is 0 Å². The Labute approximate surface area is 121 Å². The number of para-hydroxylation sites is 1. The van der Waals surface area contributed by atoms with Crippen LogP contribution in [0.4, 0.5) is 0 Å². The molecule has 0 spiro atoms. The van der Waals surface area contributed by atoms with Crippen molar-refractivity contribution in [3.05, 3.63) is 47.9 Å². The molecule has 6 heteroatoms. The minimum absolute atomic E-state index is 0.234. The molecular formula is C15H13N3O3. The highest BCUT2D eigenvalue weighted by molar-refractivity contribution is 5.36. The quantitative estimate of drug-likeness (QED) is 0.854. The van der Waals surface area contributed by atoms with Crippen molar-refractivity contribution in [2.75, 3.05) is 13.2 Å². The summed E-state index contributed by atoms with van der Waals surface area (Å²) in [6.45, 7) is 1.24. The van der Waals surface area contributed by atoms with Gasteiger partial charge in [0.05, 0.1) is 25.6 Å². The third kappa shape index (κ3) is 3.34. The Kier molecular flexibility index (Phi) is 4.05. The summed E-state index contributed by atoms with van der Waals surface area (Å²) in [5, 5.41) is 8.70. The summed E-state index contributed by atoms with van der Waals surface area (Å²) in [7, 11) is 0. The normalized spacial score (nSPS) is 14.8. The van der Waals surface area contributed by atoms with Crippen LogP contribution in [0.25, 0.3) is 0 Å². The van der Waals surface area contributed by atoms with Gasteiger partial charge >= 0.3 is 0 Å². The van der Waals surface area contributed by atoms with E-state index in [1.165, 1.54) is 12.4 Å². The lowest BCUT2D eigenvalue weighted by Gasteiger charge is -2.13. The van der Waals surface area contributed by atoms with Gasteiger partial charge in [-0.2, -0.15) is 5.26 Å². The maximum Gasteiger partial charge on any atom is 0.237 e. The lowest BCUT2D eigenvalue weighted by atomic mass is 10.1. The Balaban J connectivity index is 1.76. The highest BCUT2D eigenvalue weighted by Gasteiger charge is 2.18. The number of aromatic nitrogens is 2. The first-order valence-electron chi connectivity index (χ1n) is 6.56. The van der Waals surface area contributed by atoms with Gasteiger partial charge in [-0.05, 0) is 11.6 Å². The van der Waals surface area contributed by atoms with E-state index >= 15 is 0 Å². The second kappa shape index (κ2) is 6.31. The summed E-state index contributed by atoms with van der Waals surface area (Å²) in [6.07, 6.45) is 3.18. The molecule has 6 nitrogen and oxygen atoms in total. The number of hydrogen-bond donors (Lipinski definition) is 0. The number of nitriles is 1. The van der Waals surface area contributed by atoms with Crippen LogP contribution >= 0.6 is 0 Å². The van der Waals surface area contributed by atoms with Crippen LogP contribution in [0.1, 0.15) is 11.3 Å². The van der Waals surface area contributed by atoms with Crippen LogP contribution in [0.2, 0.25) is 0 Å². The Bertz CT molecular complexity index is 646. The van der Waals surface area contributed by atoms with Crippen molar-refractivity contribution in [1.82, 2.24) is 9.97 Å². The zero-order valence-corrected chi connectivity index (χ0v) is 11.2. The van der Waals surface area contributed by atoms with Gasteiger partial charge in [-0.1, -0.05) is 18.2 Å². The smallest absolute Gasteiger partial charge is 0.237 e. The second-order valence-corrected chi connectivity index (χ2v) is 4.44. The lowest BCUT2D eigenvalue weighted by molar-refractivity contribution is -0.0402. The SMILES string of the molecule is N#Cc1cnc(Oc2ccccc2CC2OCCO2)cn1. The second-order valence-electron chi connectivity index (χ2n) is 4.44. The first kappa shape index (κ1) is 13.5. The van der Waals surface area contributed by atoms with Crippen LogP contribution in [0, 0.1) is 11.3 Å². The van der Waals surface area contributed by atoms with Crippen molar-refractivity contribution < 1.29 is 14.2 Å². The monoisotopic (exact) mass is 283 g/mol. The molecule has 1 fully saturated rings. The molecule has 1 aromatic heterocycles. The molecule has 1 aliphatic heterocycles. The number of benzene rings is 1. The molecule has 0 unspecified atom stereocenters. The fraction of sp³-hybridized carbons (Fsp3) is 0.267. The predicted octanol–water partition coefficient (Wildman–Crippen LogP) is 2.06. The van der Waals surface area contributed by atoms with Gasteiger partial charge in [0.2, 0.25) is 5.88 Å². The molecule has 1 saturated heterocycles. The topological polar surface area (TPSA) is 77.3 Å². The molecule has 2 heterocycles. The van der Waals surface area contributed by atoms with Gasteiger partial charge in [-0.25, -0.2) is 9.97 Å². The van der Waals surface area contributed by atoms with E-state index in [0.717, 1.165) is 5.56 Å². The van der Waals surface area contributed by atoms with Crippen LogP contribution in [-0.2, 0) is 15.9 Å². The van der Waals surface area contributed by atoms with Crippen LogP contribution in [0.5, 0.6) is 11.6 Å². The molecule has 0 atom stereocenters. The minimum Gasteiger partial charge on any atom is -0.437 e. The molecule has 0 amide bonds. The van der Waals surface area contributed by atoms with Crippen molar-refractivity contribution in [2.24, 2.45) is 0 Å². The van der Waals surface area contributed by atoms with E-state index in [2.05, 4.69) is 9.97 Å². The van der Waals surface area contributed by atoms with Gasteiger partial charge < -0.3 is 14.2 Å². The standard InChI is InChI=1S/C15H13N3O3/c16-8-12-9-18-14(10-17-12)21-13-4-2-1-3-11(13)7-15-19-5-6-20-15/h1-4,9-10,15H,5-7H2. The van der Waals surface area contributed by atoms with Gasteiger partial charge in [0.1, 0.15) is 11.8 Å². The van der Waals surface area contributed by atoms with Gasteiger partial charge in [0, 0.05) is 6.42 Å². The molecule has 0 saturated carbocycles. The van der Waals surface area contributed by atoms with Gasteiger partial charge in [-0.15, -0.1) is 0 Å². The molecule has 21 heavy (non-hydrogen) atoms. The maximum absolute atomic E-state index is 8.70. The molecule has 2 aromatic rings. The zero-order chi connectivity index (χ0) is 14.5. The predicted molar refractivity (Wildman–Crippen MR) is 72.7 cm³/mol. The zero-order valence-electron chi connectivity index (χ0n) is 11.2. The molecule has 0 radical (unpaired) electrons. The maximum atomic E-state index is 8.70. The van der Waals surface area contributed by atoms with E-state index in [-0.39, 0.29) is 12.0 Å². The van der Waals surface area contributed by atoms with E-state index in [4.69, 9.17) is 19.5 Å². The molecule has 3 rings (SSSR count). The molecule has 0 aliphatic carbocycles. The van der Waals surface area contributed by atoms with Gasteiger partial charge in [-0.3, -0.25) is 0 Å².